The van der Waals surface area contributed by atoms with Gasteiger partial charge in [0.1, 0.15) is 23.0 Å². The van der Waals surface area contributed by atoms with E-state index in [9.17, 15) is 24.3 Å². The standard InChI is InChI=1S/C37H33Cl2N3O10/c1-49-19-8-5-17(6-9-19)37-24(33(45)42(35(37)47)40-26-12-7-18(38)13-25(26)39)16-23-21(31(37)30-27(43)14-20(50-2)15-28(30)51-3)10-11-22-29(23)34(46)41(32(22)44)36(48)52-4/h5-10,12-15,22-24,29,31,40,43H,11,16H2,1-4H3. The van der Waals surface area contributed by atoms with E-state index in [1.54, 1.807) is 42.5 Å². The zero-order valence-corrected chi connectivity index (χ0v) is 29.9. The van der Waals surface area contributed by atoms with E-state index < -0.39 is 64.7 Å². The molecule has 0 bridgehead atoms. The monoisotopic (exact) mass is 749 g/mol. The second kappa shape index (κ2) is 13.1. The number of anilines is 1. The summed E-state index contributed by atoms with van der Waals surface area (Å²) in [6.45, 7) is 0. The Morgan fingerprint density at radius 3 is 2.21 bits per heavy atom. The number of ether oxygens (including phenoxy) is 4. The fourth-order valence-corrected chi connectivity index (χ4v) is 9.04. The third kappa shape index (κ3) is 5.01. The molecule has 52 heavy (non-hydrogen) atoms. The van der Waals surface area contributed by atoms with Crippen LogP contribution in [0.5, 0.6) is 23.0 Å². The van der Waals surface area contributed by atoms with Crippen LogP contribution in [0, 0.1) is 23.7 Å². The lowest BCUT2D eigenvalue weighted by atomic mass is 9.49. The van der Waals surface area contributed by atoms with Crippen molar-refractivity contribution >= 4 is 58.6 Å². The molecule has 2 saturated heterocycles. The fourth-order valence-electron chi connectivity index (χ4n) is 8.59. The van der Waals surface area contributed by atoms with Crippen molar-refractivity contribution in [2.45, 2.75) is 24.2 Å². The number of hydrogen-bond donors (Lipinski definition) is 2. The SMILES string of the molecule is COC(=O)N1C(=O)C2CC=C3C(CC4C(=O)N(Nc5ccc(Cl)cc5Cl)C(=O)C4(c4ccc(OC)cc4)C3c3c(O)cc(OC)cc3OC)C2C1=O. The first-order valence-electron chi connectivity index (χ1n) is 16.3. The number of nitrogens with one attached hydrogen (secondary N) is 1. The third-order valence-corrected chi connectivity index (χ3v) is 11.3. The average Bonchev–Trinajstić information content (AvgIpc) is 3.52. The first-order valence-corrected chi connectivity index (χ1v) is 17.0. The molecule has 2 N–H and O–H groups in total. The maximum atomic E-state index is 15.4. The minimum Gasteiger partial charge on any atom is -0.507 e. The van der Waals surface area contributed by atoms with Crippen LogP contribution < -0.4 is 19.6 Å². The molecule has 5 amide bonds. The number of imide groups is 4. The lowest BCUT2D eigenvalue weighted by molar-refractivity contribution is -0.140. The molecule has 4 aliphatic rings. The van der Waals surface area contributed by atoms with Gasteiger partial charge in [0.2, 0.25) is 11.8 Å². The highest BCUT2D eigenvalue weighted by Gasteiger charge is 2.71. The van der Waals surface area contributed by atoms with Gasteiger partial charge < -0.3 is 24.1 Å². The summed E-state index contributed by atoms with van der Waals surface area (Å²) in [5.74, 6) is -7.33. The number of halogens is 2. The second-order valence-electron chi connectivity index (χ2n) is 13.0. The topological polar surface area (TPSA) is 161 Å². The van der Waals surface area contributed by atoms with Crippen molar-refractivity contribution in [3.05, 3.63) is 87.4 Å². The minimum atomic E-state index is -1.77. The summed E-state index contributed by atoms with van der Waals surface area (Å²) in [6.07, 6.45) is 0.636. The smallest absolute Gasteiger partial charge is 0.423 e. The van der Waals surface area contributed by atoms with Crippen molar-refractivity contribution < 1.29 is 48.0 Å². The zero-order chi connectivity index (χ0) is 37.2. The van der Waals surface area contributed by atoms with Gasteiger partial charge in [-0.2, -0.15) is 9.91 Å². The molecule has 3 fully saturated rings. The number of allylic oxidation sites excluding steroid dienone is 2. The average molecular weight is 751 g/mol. The highest BCUT2D eigenvalue weighted by Crippen LogP contribution is 2.66. The van der Waals surface area contributed by atoms with Crippen LogP contribution in [0.3, 0.4) is 0 Å². The normalized spacial score (nSPS) is 26.3. The molecule has 0 radical (unpaired) electrons. The van der Waals surface area contributed by atoms with Crippen LogP contribution in [-0.4, -0.2) is 73.2 Å². The van der Waals surface area contributed by atoms with Gasteiger partial charge >= 0.3 is 6.09 Å². The number of nitrogens with zero attached hydrogens (tertiary/aromatic N) is 2. The number of amides is 5. The number of hydrogen-bond acceptors (Lipinski definition) is 11. The summed E-state index contributed by atoms with van der Waals surface area (Å²) in [5.41, 5.74) is 2.46. The Kier molecular flexibility index (Phi) is 8.82. The van der Waals surface area contributed by atoms with E-state index in [0.29, 0.717) is 26.8 Å². The molecule has 1 saturated carbocycles. The summed E-state index contributed by atoms with van der Waals surface area (Å²) in [5, 5.41) is 13.2. The van der Waals surface area contributed by atoms with Crippen molar-refractivity contribution in [3.63, 3.8) is 0 Å². The predicted molar refractivity (Wildman–Crippen MR) is 186 cm³/mol. The van der Waals surface area contributed by atoms with Crippen LogP contribution in [0.4, 0.5) is 10.5 Å². The van der Waals surface area contributed by atoms with Gasteiger partial charge in [0, 0.05) is 28.6 Å². The van der Waals surface area contributed by atoms with Crippen LogP contribution in [0.15, 0.2) is 66.2 Å². The van der Waals surface area contributed by atoms with Crippen molar-refractivity contribution in [1.29, 1.82) is 0 Å². The second-order valence-corrected chi connectivity index (χ2v) is 13.8. The molecule has 2 aliphatic heterocycles. The molecule has 0 spiro atoms. The Morgan fingerprint density at radius 1 is 0.865 bits per heavy atom. The van der Waals surface area contributed by atoms with E-state index in [-0.39, 0.29) is 46.4 Å². The number of benzene rings is 3. The lowest BCUT2D eigenvalue weighted by Crippen LogP contribution is -2.53. The van der Waals surface area contributed by atoms with E-state index >= 15 is 4.79 Å². The summed E-state index contributed by atoms with van der Waals surface area (Å²) in [6, 6.07) is 14.2. The molecule has 3 aromatic carbocycles. The van der Waals surface area contributed by atoms with Crippen molar-refractivity contribution in [2.24, 2.45) is 23.7 Å². The summed E-state index contributed by atoms with van der Waals surface area (Å²) >= 11 is 12.6. The van der Waals surface area contributed by atoms with Gasteiger partial charge in [-0.15, -0.1) is 0 Å². The Labute approximate surface area is 307 Å². The van der Waals surface area contributed by atoms with Gasteiger partial charge in [0.05, 0.1) is 62.3 Å². The number of likely N-dealkylation sites (tertiary alicyclic amines) is 1. The molecular formula is C37H33Cl2N3O10. The van der Waals surface area contributed by atoms with Crippen LogP contribution in [0.1, 0.15) is 29.9 Å². The third-order valence-electron chi connectivity index (χ3n) is 10.8. The molecule has 2 heterocycles. The Bertz CT molecular complexity index is 2070. The van der Waals surface area contributed by atoms with Crippen LogP contribution in [0.25, 0.3) is 0 Å². The number of carbonyl (C=O) groups excluding carboxylic acids is 5. The van der Waals surface area contributed by atoms with Gasteiger partial charge in [0.15, 0.2) is 0 Å². The molecule has 15 heteroatoms. The van der Waals surface area contributed by atoms with Crippen LogP contribution in [-0.2, 0) is 29.3 Å². The predicted octanol–water partition coefficient (Wildman–Crippen LogP) is 5.48. The first-order chi connectivity index (χ1) is 24.9. The van der Waals surface area contributed by atoms with E-state index in [4.69, 9.17) is 42.1 Å². The van der Waals surface area contributed by atoms with Gasteiger partial charge in [-0.05, 0) is 54.7 Å². The number of methoxy groups -OCH3 is 4. The molecule has 6 atom stereocenters. The lowest BCUT2D eigenvalue weighted by Gasteiger charge is -2.50. The first kappa shape index (κ1) is 35.1. The minimum absolute atomic E-state index is 0.0398. The van der Waals surface area contributed by atoms with Gasteiger partial charge in [0.25, 0.3) is 11.8 Å². The van der Waals surface area contributed by atoms with Crippen molar-refractivity contribution in [1.82, 2.24) is 9.91 Å². The molecule has 7 rings (SSSR count). The highest BCUT2D eigenvalue weighted by molar-refractivity contribution is 6.36. The van der Waals surface area contributed by atoms with E-state index in [1.807, 2.05) is 0 Å². The summed E-state index contributed by atoms with van der Waals surface area (Å²) < 4.78 is 21.5. The Morgan fingerprint density at radius 2 is 1.58 bits per heavy atom. The van der Waals surface area contributed by atoms with Gasteiger partial charge in [-0.3, -0.25) is 24.6 Å². The number of carbonyl (C=O) groups is 5. The molecule has 3 aromatic rings. The van der Waals surface area contributed by atoms with Crippen molar-refractivity contribution in [2.75, 3.05) is 33.9 Å². The van der Waals surface area contributed by atoms with Gasteiger partial charge in [-0.25, -0.2) is 4.79 Å². The zero-order valence-electron chi connectivity index (χ0n) is 28.3. The molecular weight excluding hydrogens is 717 g/mol. The van der Waals surface area contributed by atoms with Crippen molar-refractivity contribution in [3.8, 4) is 23.0 Å². The van der Waals surface area contributed by atoms with E-state index in [0.717, 1.165) is 12.1 Å². The molecule has 13 nitrogen and oxygen atoms in total. The van der Waals surface area contributed by atoms with Gasteiger partial charge in [-0.1, -0.05) is 47.0 Å². The maximum Gasteiger partial charge on any atom is 0.423 e. The Hall–Kier alpha value is -5.27. The largest absolute Gasteiger partial charge is 0.507 e. The molecule has 6 unspecified atom stereocenters. The fraction of sp³-hybridized carbons (Fsp3) is 0.324. The van der Waals surface area contributed by atoms with E-state index in [2.05, 4.69) is 5.43 Å². The quantitative estimate of drug-likeness (QED) is 0.233. The number of phenols is 1. The van der Waals surface area contributed by atoms with Crippen LogP contribution >= 0.6 is 23.2 Å². The summed E-state index contributed by atoms with van der Waals surface area (Å²) in [7, 11) is 5.39. The number of phenolic OH excluding ortho intramolecular Hbond substituents is 1. The Balaban J connectivity index is 1.51. The van der Waals surface area contributed by atoms with Crippen LogP contribution in [0.2, 0.25) is 10.0 Å². The highest BCUT2D eigenvalue weighted by atomic mass is 35.5. The van der Waals surface area contributed by atoms with E-state index in [1.165, 1.54) is 39.5 Å². The number of hydrazine groups is 1. The number of fused-ring (bicyclic) bond motifs is 4. The summed E-state index contributed by atoms with van der Waals surface area (Å²) in [4.78, 5) is 71.0. The molecule has 0 aromatic heterocycles. The number of rotatable bonds is 7. The molecule has 2 aliphatic carbocycles. The maximum absolute atomic E-state index is 15.4. The molecule has 270 valence electrons. The number of aromatic hydroxyl groups is 1.